The topological polar surface area (TPSA) is 50.4 Å². The summed E-state index contributed by atoms with van der Waals surface area (Å²) in [5, 5.41) is 6.56. The normalized spacial score (nSPS) is 29.5. The number of carbonyl (C=O) groups excluding carboxylic acids is 1. The Morgan fingerprint density at radius 2 is 1.95 bits per heavy atom. The van der Waals surface area contributed by atoms with Crippen LogP contribution in [0.25, 0.3) is 0 Å². The van der Waals surface area contributed by atoms with Gasteiger partial charge in [-0.05, 0) is 37.0 Å². The minimum absolute atomic E-state index is 0. The van der Waals surface area contributed by atoms with Gasteiger partial charge in [0.25, 0.3) is 0 Å². The van der Waals surface area contributed by atoms with Crippen LogP contribution in [0.5, 0.6) is 0 Å². The molecule has 1 saturated carbocycles. The Morgan fingerprint density at radius 1 is 1.27 bits per heavy atom. The Bertz CT molecular complexity index is 336. The maximum atomic E-state index is 12.1. The van der Waals surface area contributed by atoms with Crippen LogP contribution in [0.2, 0.25) is 0 Å². The van der Waals surface area contributed by atoms with Crippen molar-refractivity contribution in [3.8, 4) is 0 Å². The minimum atomic E-state index is 0. The second-order valence-corrected chi connectivity index (χ2v) is 7.39. The van der Waals surface area contributed by atoms with E-state index in [1.54, 1.807) is 0 Å². The lowest BCUT2D eigenvalue weighted by Gasteiger charge is -2.39. The molecule has 0 radical (unpaired) electrons. The van der Waals surface area contributed by atoms with Gasteiger partial charge in [-0.15, -0.1) is 12.4 Å². The highest BCUT2D eigenvalue weighted by Crippen LogP contribution is 2.40. The summed E-state index contributed by atoms with van der Waals surface area (Å²) in [7, 11) is 0. The highest BCUT2D eigenvalue weighted by Gasteiger charge is 2.32. The van der Waals surface area contributed by atoms with Gasteiger partial charge >= 0.3 is 0 Å². The van der Waals surface area contributed by atoms with E-state index < -0.39 is 0 Å². The first kappa shape index (κ1) is 19.7. The molecule has 22 heavy (non-hydrogen) atoms. The number of amides is 1. The van der Waals surface area contributed by atoms with Crippen molar-refractivity contribution < 1.29 is 9.53 Å². The summed E-state index contributed by atoms with van der Waals surface area (Å²) >= 11 is 0. The molecule has 1 atom stereocenters. The van der Waals surface area contributed by atoms with Crippen molar-refractivity contribution in [3.05, 3.63) is 0 Å². The van der Waals surface area contributed by atoms with Crippen molar-refractivity contribution in [2.75, 3.05) is 19.8 Å². The van der Waals surface area contributed by atoms with E-state index in [9.17, 15) is 4.79 Å². The SMILES string of the molecule is CCC(C)(C)C1CCC(NC(=O)CC2COCCN2)CC1.Cl. The predicted octanol–water partition coefficient (Wildman–Crippen LogP) is 2.90. The molecule has 0 aromatic rings. The van der Waals surface area contributed by atoms with Gasteiger partial charge in [-0.2, -0.15) is 0 Å². The Balaban J connectivity index is 0.00000242. The first-order valence-corrected chi connectivity index (χ1v) is 8.61. The summed E-state index contributed by atoms with van der Waals surface area (Å²) < 4.78 is 5.39. The van der Waals surface area contributed by atoms with Crippen LogP contribution in [0.1, 0.15) is 59.3 Å². The Morgan fingerprint density at radius 3 is 2.50 bits per heavy atom. The largest absolute Gasteiger partial charge is 0.378 e. The third-order valence-electron chi connectivity index (χ3n) is 5.54. The van der Waals surface area contributed by atoms with Crippen molar-refractivity contribution >= 4 is 18.3 Å². The molecule has 1 amide bonds. The third kappa shape index (κ3) is 5.71. The molecular weight excluding hydrogens is 300 g/mol. The number of morpholine rings is 1. The molecule has 0 bridgehead atoms. The van der Waals surface area contributed by atoms with E-state index in [1.807, 2.05) is 0 Å². The first-order valence-electron chi connectivity index (χ1n) is 8.61. The summed E-state index contributed by atoms with van der Waals surface area (Å²) in [5.74, 6) is 0.986. The van der Waals surface area contributed by atoms with E-state index in [1.165, 1.54) is 19.3 Å². The summed E-state index contributed by atoms with van der Waals surface area (Å²) in [6, 6.07) is 0.569. The molecule has 2 fully saturated rings. The van der Waals surface area contributed by atoms with Crippen LogP contribution in [-0.4, -0.2) is 37.7 Å². The molecule has 2 N–H and O–H groups in total. The molecule has 0 spiro atoms. The first-order chi connectivity index (χ1) is 10.0. The van der Waals surface area contributed by atoms with Gasteiger partial charge in [-0.3, -0.25) is 4.79 Å². The predicted molar refractivity (Wildman–Crippen MR) is 92.4 cm³/mol. The average Bonchev–Trinajstić information content (AvgIpc) is 2.48. The lowest BCUT2D eigenvalue weighted by Crippen LogP contribution is -2.46. The van der Waals surface area contributed by atoms with Crippen molar-refractivity contribution in [2.24, 2.45) is 11.3 Å². The van der Waals surface area contributed by atoms with Crippen molar-refractivity contribution in [2.45, 2.75) is 71.4 Å². The number of rotatable bonds is 5. The molecule has 1 saturated heterocycles. The second kappa shape index (κ2) is 9.09. The zero-order valence-electron chi connectivity index (χ0n) is 14.3. The number of halogens is 1. The van der Waals surface area contributed by atoms with E-state index in [-0.39, 0.29) is 24.4 Å². The molecule has 5 heteroatoms. The maximum absolute atomic E-state index is 12.1. The maximum Gasteiger partial charge on any atom is 0.221 e. The van der Waals surface area contributed by atoms with Crippen molar-refractivity contribution in [3.63, 3.8) is 0 Å². The van der Waals surface area contributed by atoms with E-state index in [0.717, 1.165) is 31.9 Å². The van der Waals surface area contributed by atoms with Gasteiger partial charge in [0, 0.05) is 25.0 Å². The molecule has 2 rings (SSSR count). The molecule has 1 aliphatic heterocycles. The summed E-state index contributed by atoms with van der Waals surface area (Å²) in [6.45, 7) is 9.32. The van der Waals surface area contributed by atoms with Gasteiger partial charge in [0.15, 0.2) is 0 Å². The van der Waals surface area contributed by atoms with E-state index in [4.69, 9.17) is 4.74 Å². The van der Waals surface area contributed by atoms with Gasteiger partial charge in [-0.1, -0.05) is 27.2 Å². The molecule has 1 unspecified atom stereocenters. The third-order valence-corrected chi connectivity index (χ3v) is 5.54. The molecule has 0 aromatic heterocycles. The highest BCUT2D eigenvalue weighted by atomic mass is 35.5. The number of hydrogen-bond acceptors (Lipinski definition) is 3. The van der Waals surface area contributed by atoms with Crippen molar-refractivity contribution in [1.29, 1.82) is 0 Å². The fraction of sp³-hybridized carbons (Fsp3) is 0.941. The van der Waals surface area contributed by atoms with E-state index in [2.05, 4.69) is 31.4 Å². The Kier molecular flexibility index (Phi) is 8.15. The Labute approximate surface area is 141 Å². The van der Waals surface area contributed by atoms with E-state index >= 15 is 0 Å². The number of nitrogens with one attached hydrogen (secondary N) is 2. The summed E-state index contributed by atoms with van der Waals surface area (Å²) in [5.41, 5.74) is 0.443. The number of hydrogen-bond donors (Lipinski definition) is 2. The molecule has 0 aromatic carbocycles. The average molecular weight is 333 g/mol. The van der Waals surface area contributed by atoms with Gasteiger partial charge in [0.05, 0.1) is 13.2 Å². The van der Waals surface area contributed by atoms with Crippen LogP contribution >= 0.6 is 12.4 Å². The lowest BCUT2D eigenvalue weighted by atomic mass is 9.69. The molecule has 1 heterocycles. The van der Waals surface area contributed by atoms with Crippen LogP contribution in [0.4, 0.5) is 0 Å². The van der Waals surface area contributed by atoms with Crippen LogP contribution < -0.4 is 10.6 Å². The Hall–Kier alpha value is -0.320. The highest BCUT2D eigenvalue weighted by molar-refractivity contribution is 5.85. The summed E-state index contributed by atoms with van der Waals surface area (Å²) in [4.78, 5) is 12.1. The molecular formula is C17H33ClN2O2. The number of carbonyl (C=O) groups is 1. The zero-order valence-corrected chi connectivity index (χ0v) is 15.1. The van der Waals surface area contributed by atoms with Crippen LogP contribution in [0, 0.1) is 11.3 Å². The fourth-order valence-electron chi connectivity index (χ4n) is 3.57. The van der Waals surface area contributed by atoms with E-state index in [0.29, 0.717) is 24.5 Å². The molecule has 4 nitrogen and oxygen atoms in total. The van der Waals surface area contributed by atoms with Crippen LogP contribution in [0.15, 0.2) is 0 Å². The number of ether oxygens (including phenoxy) is 1. The van der Waals surface area contributed by atoms with Gasteiger partial charge in [0.1, 0.15) is 0 Å². The van der Waals surface area contributed by atoms with Gasteiger partial charge < -0.3 is 15.4 Å². The quantitative estimate of drug-likeness (QED) is 0.814. The molecule has 1 aliphatic carbocycles. The minimum Gasteiger partial charge on any atom is -0.378 e. The standard InChI is InChI=1S/C17H32N2O2.ClH/c1-4-17(2,3)13-5-7-14(8-6-13)19-16(20)11-15-12-21-10-9-18-15;/h13-15,18H,4-12H2,1-3H3,(H,19,20);1H. The van der Waals surface area contributed by atoms with Gasteiger partial charge in [0.2, 0.25) is 5.91 Å². The smallest absolute Gasteiger partial charge is 0.221 e. The summed E-state index contributed by atoms with van der Waals surface area (Å²) in [6.07, 6.45) is 6.54. The molecule has 2 aliphatic rings. The molecule has 130 valence electrons. The monoisotopic (exact) mass is 332 g/mol. The van der Waals surface area contributed by atoms with Crippen LogP contribution in [0.3, 0.4) is 0 Å². The van der Waals surface area contributed by atoms with Crippen molar-refractivity contribution in [1.82, 2.24) is 10.6 Å². The van der Waals surface area contributed by atoms with Gasteiger partial charge in [-0.25, -0.2) is 0 Å². The van der Waals surface area contributed by atoms with Crippen LogP contribution in [-0.2, 0) is 9.53 Å². The second-order valence-electron chi connectivity index (χ2n) is 7.39. The lowest BCUT2D eigenvalue weighted by molar-refractivity contribution is -0.123. The fourth-order valence-corrected chi connectivity index (χ4v) is 3.57. The zero-order chi connectivity index (χ0) is 15.3.